The van der Waals surface area contributed by atoms with E-state index in [-0.39, 0.29) is 11.5 Å². The van der Waals surface area contributed by atoms with Gasteiger partial charge in [0.2, 0.25) is 5.91 Å². The van der Waals surface area contributed by atoms with Crippen molar-refractivity contribution < 1.29 is 9.59 Å². The highest BCUT2D eigenvalue weighted by atomic mass is 16.2. The van der Waals surface area contributed by atoms with Gasteiger partial charge in [-0.3, -0.25) is 9.59 Å². The van der Waals surface area contributed by atoms with Crippen LogP contribution in [0.5, 0.6) is 0 Å². The summed E-state index contributed by atoms with van der Waals surface area (Å²) in [5, 5.41) is 5.29. The number of carbonyl (C=O) groups excluding carboxylic acids is 2. The Hall–Kier alpha value is -2.52. The number of rotatable bonds is 15. The van der Waals surface area contributed by atoms with Crippen LogP contribution in [0.25, 0.3) is 6.08 Å². The molecule has 168 valence electrons. The zero-order valence-electron chi connectivity index (χ0n) is 19.0. The largest absolute Gasteiger partial charge is 0.287 e. The number of carbonyl (C=O) groups is 2. The van der Waals surface area contributed by atoms with Crippen LogP contribution >= 0.6 is 0 Å². The molecule has 0 unspecified atom stereocenters. The summed E-state index contributed by atoms with van der Waals surface area (Å²) < 4.78 is 0. The molecule has 0 saturated carbocycles. The zero-order valence-corrected chi connectivity index (χ0v) is 19.0. The summed E-state index contributed by atoms with van der Waals surface area (Å²) in [7, 11) is 0. The Morgan fingerprint density at radius 3 is 2.13 bits per heavy atom. The third-order valence-electron chi connectivity index (χ3n) is 5.55. The van der Waals surface area contributed by atoms with E-state index < -0.39 is 5.91 Å². The lowest BCUT2D eigenvalue weighted by Crippen LogP contribution is -2.30. The molecule has 0 fully saturated rings. The number of nitrogens with zero attached hydrogens (tertiary/aromatic N) is 2. The first-order valence-corrected chi connectivity index (χ1v) is 12.0. The number of hydrazone groups is 1. The average molecular weight is 424 g/mol. The highest BCUT2D eigenvalue weighted by molar-refractivity contribution is 6.10. The molecule has 0 bridgehead atoms. The van der Waals surface area contributed by atoms with Crippen LogP contribution in [0, 0.1) is 0 Å². The zero-order chi connectivity index (χ0) is 22.2. The summed E-state index contributed by atoms with van der Waals surface area (Å²) in [6.07, 6.45) is 18.8. The van der Waals surface area contributed by atoms with Crippen LogP contribution in [0.15, 0.2) is 39.9 Å². The van der Waals surface area contributed by atoms with Gasteiger partial charge in [-0.15, -0.1) is 5.10 Å². The Morgan fingerprint density at radius 1 is 0.903 bits per heavy atom. The van der Waals surface area contributed by atoms with Crippen molar-refractivity contribution in [2.24, 2.45) is 10.1 Å². The molecule has 1 aliphatic rings. The van der Waals surface area contributed by atoms with Gasteiger partial charge in [-0.25, -0.2) is 10.4 Å². The van der Waals surface area contributed by atoms with E-state index in [9.17, 15) is 9.59 Å². The van der Waals surface area contributed by atoms with Gasteiger partial charge in [0, 0.05) is 17.5 Å². The molecule has 1 aromatic rings. The number of amides is 2. The topological polar surface area (TPSA) is 70.9 Å². The quantitative estimate of drug-likeness (QED) is 0.192. The van der Waals surface area contributed by atoms with Gasteiger partial charge in [0.1, 0.15) is 5.57 Å². The van der Waals surface area contributed by atoms with Crippen molar-refractivity contribution in [3.8, 4) is 0 Å². The predicted octanol–water partition coefficient (Wildman–Crippen LogP) is 4.74. The number of benzene rings is 1. The smallest absolute Gasteiger partial charge is 0.273 e. The van der Waals surface area contributed by atoms with E-state index in [0.717, 1.165) is 18.1 Å². The molecular weight excluding hydrogens is 386 g/mol. The molecule has 0 aromatic heterocycles. The van der Waals surface area contributed by atoms with Crippen molar-refractivity contribution in [2.75, 3.05) is 0 Å². The van der Waals surface area contributed by atoms with Crippen molar-refractivity contribution in [1.82, 2.24) is 5.43 Å². The minimum atomic E-state index is -0.395. The number of hydrogen-bond donors (Lipinski definition) is 1. The van der Waals surface area contributed by atoms with Crippen LogP contribution in [0.1, 0.15) is 96.8 Å². The SMILES string of the molecule is CCCCCCCCCCCCCCCC(=O)NN=C=C1C=c2ccccc2=NC1=O. The number of hydrogen-bond acceptors (Lipinski definition) is 3. The summed E-state index contributed by atoms with van der Waals surface area (Å²) in [5.41, 5.74) is 2.71. The second-order valence-corrected chi connectivity index (χ2v) is 8.29. The van der Waals surface area contributed by atoms with Gasteiger partial charge in [0.15, 0.2) is 0 Å². The second kappa shape index (κ2) is 15.3. The fourth-order valence-electron chi connectivity index (χ4n) is 3.69. The molecule has 0 aliphatic carbocycles. The lowest BCUT2D eigenvalue weighted by Gasteiger charge is -2.03. The molecule has 5 heteroatoms. The Kier molecular flexibility index (Phi) is 12.2. The van der Waals surface area contributed by atoms with E-state index in [4.69, 9.17) is 0 Å². The maximum atomic E-state index is 12.0. The van der Waals surface area contributed by atoms with E-state index in [1.54, 1.807) is 12.1 Å². The lowest BCUT2D eigenvalue weighted by molar-refractivity contribution is -0.121. The first-order chi connectivity index (χ1) is 15.2. The molecule has 1 aromatic carbocycles. The van der Waals surface area contributed by atoms with Gasteiger partial charge in [-0.2, -0.15) is 0 Å². The first-order valence-electron chi connectivity index (χ1n) is 12.0. The van der Waals surface area contributed by atoms with Gasteiger partial charge in [0.05, 0.1) is 5.36 Å². The standard InChI is InChI=1S/C26H37N3O2/c1-2-3-4-5-6-7-8-9-10-11-12-13-14-19-25(30)29-27-21-23-20-22-17-15-16-18-24(22)28-26(23)31/h15-18,20H,2-14,19H2,1H3,(H,29,30). The lowest BCUT2D eigenvalue weighted by atomic mass is 10.0. The van der Waals surface area contributed by atoms with Crippen LogP contribution in [0.3, 0.4) is 0 Å². The summed E-state index contributed by atoms with van der Waals surface area (Å²) in [5.74, 6) is 2.07. The number of unbranched alkanes of at least 4 members (excludes halogenated alkanes) is 12. The van der Waals surface area contributed by atoms with E-state index >= 15 is 0 Å². The number of para-hydroxylation sites is 1. The molecule has 2 rings (SSSR count). The molecule has 0 spiro atoms. The number of fused-ring (bicyclic) bond motifs is 1. The molecule has 0 saturated heterocycles. The second-order valence-electron chi connectivity index (χ2n) is 8.29. The molecular formula is C26H37N3O2. The molecule has 1 aliphatic heterocycles. The highest BCUT2D eigenvalue weighted by Gasteiger charge is 2.09. The van der Waals surface area contributed by atoms with Crippen LogP contribution in [0.4, 0.5) is 0 Å². The summed E-state index contributed by atoms with van der Waals surface area (Å²) in [6, 6.07) is 7.38. The van der Waals surface area contributed by atoms with Gasteiger partial charge < -0.3 is 0 Å². The molecule has 5 nitrogen and oxygen atoms in total. The Bertz CT molecular complexity index is 882. The van der Waals surface area contributed by atoms with E-state index in [2.05, 4.69) is 28.3 Å². The highest BCUT2D eigenvalue weighted by Crippen LogP contribution is 2.12. The molecule has 0 atom stereocenters. The predicted molar refractivity (Wildman–Crippen MR) is 126 cm³/mol. The maximum Gasteiger partial charge on any atom is 0.287 e. The third kappa shape index (κ3) is 10.4. The van der Waals surface area contributed by atoms with E-state index in [1.165, 1.54) is 70.6 Å². The van der Waals surface area contributed by atoms with Gasteiger partial charge in [-0.1, -0.05) is 102 Å². The average Bonchev–Trinajstić information content (AvgIpc) is 2.77. The van der Waals surface area contributed by atoms with Gasteiger partial charge in [-0.05, 0) is 18.6 Å². The fourth-order valence-corrected chi connectivity index (χ4v) is 3.69. The van der Waals surface area contributed by atoms with E-state index in [1.807, 2.05) is 18.2 Å². The fraction of sp³-hybridized carbons (Fsp3) is 0.577. The third-order valence-corrected chi connectivity index (χ3v) is 5.55. The van der Waals surface area contributed by atoms with Crippen LogP contribution in [-0.2, 0) is 9.59 Å². The van der Waals surface area contributed by atoms with Crippen LogP contribution in [0.2, 0.25) is 0 Å². The molecule has 31 heavy (non-hydrogen) atoms. The summed E-state index contributed by atoms with van der Waals surface area (Å²) in [4.78, 5) is 27.9. The van der Waals surface area contributed by atoms with Gasteiger partial charge in [0.25, 0.3) is 5.91 Å². The molecule has 1 N–H and O–H groups in total. The first kappa shape index (κ1) is 24.7. The Morgan fingerprint density at radius 2 is 1.48 bits per heavy atom. The van der Waals surface area contributed by atoms with Crippen LogP contribution in [-0.4, -0.2) is 17.7 Å². The van der Waals surface area contributed by atoms with Crippen LogP contribution < -0.4 is 16.0 Å². The van der Waals surface area contributed by atoms with Crippen molar-refractivity contribution in [3.05, 3.63) is 40.4 Å². The van der Waals surface area contributed by atoms with Crippen molar-refractivity contribution in [3.63, 3.8) is 0 Å². The van der Waals surface area contributed by atoms with Crippen molar-refractivity contribution in [2.45, 2.75) is 96.8 Å². The van der Waals surface area contributed by atoms with Crippen molar-refractivity contribution >= 4 is 23.8 Å². The Balaban J connectivity index is 1.52. The molecule has 1 heterocycles. The van der Waals surface area contributed by atoms with E-state index in [0.29, 0.717) is 11.8 Å². The number of nitrogens with one attached hydrogen (secondary N) is 1. The molecule has 0 radical (unpaired) electrons. The normalized spacial score (nSPS) is 12.4. The minimum Gasteiger partial charge on any atom is -0.273 e. The summed E-state index contributed by atoms with van der Waals surface area (Å²) >= 11 is 0. The van der Waals surface area contributed by atoms with Gasteiger partial charge >= 0.3 is 0 Å². The Labute approximate surface area is 186 Å². The van der Waals surface area contributed by atoms with Crippen molar-refractivity contribution in [1.29, 1.82) is 0 Å². The maximum absolute atomic E-state index is 12.0. The molecule has 2 amide bonds. The minimum absolute atomic E-state index is 0.142. The summed E-state index contributed by atoms with van der Waals surface area (Å²) in [6.45, 7) is 2.26. The monoisotopic (exact) mass is 423 g/mol.